The molecular weight excluding hydrogens is 452 g/mol. The van der Waals surface area contributed by atoms with Crippen LogP contribution in [0.5, 0.6) is 0 Å². The number of carbonyl (C=O) groups is 2. The number of primary amides is 1. The van der Waals surface area contributed by atoms with Gasteiger partial charge in [0.15, 0.2) is 5.78 Å². The van der Waals surface area contributed by atoms with Gasteiger partial charge >= 0.3 is 0 Å². The van der Waals surface area contributed by atoms with Crippen LogP contribution in [0.15, 0.2) is 66.7 Å². The summed E-state index contributed by atoms with van der Waals surface area (Å²) in [5, 5.41) is 0. The summed E-state index contributed by atoms with van der Waals surface area (Å²) in [7, 11) is 0. The number of amides is 1. The lowest BCUT2D eigenvalue weighted by Crippen LogP contribution is -2.44. The molecule has 192 valence electrons. The molecule has 1 saturated carbocycles. The van der Waals surface area contributed by atoms with Crippen molar-refractivity contribution in [2.24, 2.45) is 11.7 Å². The number of carbonyl (C=O) groups excluding carboxylic acids is 2. The summed E-state index contributed by atoms with van der Waals surface area (Å²) in [6, 6.07) is 18.7. The zero-order valence-corrected chi connectivity index (χ0v) is 21.0. The van der Waals surface area contributed by atoms with E-state index in [9.17, 15) is 9.59 Å². The van der Waals surface area contributed by atoms with Gasteiger partial charge in [-0.15, -0.1) is 0 Å². The van der Waals surface area contributed by atoms with Crippen LogP contribution in [0.1, 0.15) is 44.1 Å². The van der Waals surface area contributed by atoms with Crippen molar-refractivity contribution >= 4 is 11.7 Å². The molecule has 0 bridgehead atoms. The first-order valence-corrected chi connectivity index (χ1v) is 13.2. The zero-order valence-electron chi connectivity index (χ0n) is 21.0. The third kappa shape index (κ3) is 7.36. The molecule has 0 unspecified atom stereocenters. The molecular formula is C30H38N2O4. The minimum Gasteiger partial charge on any atom is -0.380 e. The molecule has 36 heavy (non-hydrogen) atoms. The molecule has 6 nitrogen and oxygen atoms in total. The highest BCUT2D eigenvalue weighted by molar-refractivity contribution is 5.87. The predicted molar refractivity (Wildman–Crippen MR) is 141 cm³/mol. The summed E-state index contributed by atoms with van der Waals surface area (Å²) in [6.45, 7) is 3.56. The number of unbranched alkanes of at least 4 members (excludes halogenated alkanes) is 1. The molecule has 1 heterocycles. The van der Waals surface area contributed by atoms with Crippen LogP contribution in [-0.2, 0) is 25.7 Å². The van der Waals surface area contributed by atoms with Crippen LogP contribution in [0.4, 0.5) is 0 Å². The van der Waals surface area contributed by atoms with Crippen LogP contribution in [0.3, 0.4) is 0 Å². The van der Waals surface area contributed by atoms with Crippen molar-refractivity contribution in [2.45, 2.75) is 57.3 Å². The topological polar surface area (TPSA) is 81.9 Å². The molecule has 0 aromatic heterocycles. The monoisotopic (exact) mass is 490 g/mol. The maximum atomic E-state index is 13.2. The Kier molecular flexibility index (Phi) is 9.84. The maximum Gasteiger partial charge on any atom is 0.217 e. The lowest BCUT2D eigenvalue weighted by Gasteiger charge is -2.31. The van der Waals surface area contributed by atoms with Crippen LogP contribution in [0, 0.1) is 5.92 Å². The van der Waals surface area contributed by atoms with Crippen LogP contribution in [0.2, 0.25) is 0 Å². The van der Waals surface area contributed by atoms with Gasteiger partial charge in [0.25, 0.3) is 0 Å². The summed E-state index contributed by atoms with van der Waals surface area (Å²) in [5.41, 5.74) is 8.72. The first-order chi connectivity index (χ1) is 17.6. The highest BCUT2D eigenvalue weighted by Gasteiger charge is 2.45. The van der Waals surface area contributed by atoms with Gasteiger partial charge in [0, 0.05) is 38.5 Å². The number of allylic oxidation sites excluding steroid dienone is 2. The quantitative estimate of drug-likeness (QED) is 0.370. The standard InChI is InChI=1S/C30H38N2O4/c31-29(34)12-7-2-1-6-11-26-28(21-27(33)30(26)32-17-8-19-35-20-18-32)36-22-23-13-15-25(16-14-23)24-9-4-3-5-10-24/h1,3-6,9-10,13-16,26,28,30H,2,7-8,11-12,17-22H2,(H2,31,34)/b6-1-/t26-,28-,30+/m0/s1. The van der Waals surface area contributed by atoms with Gasteiger partial charge in [-0.05, 0) is 42.4 Å². The molecule has 2 aliphatic rings. The summed E-state index contributed by atoms with van der Waals surface area (Å²) >= 11 is 0. The van der Waals surface area contributed by atoms with Gasteiger partial charge < -0.3 is 15.2 Å². The lowest BCUT2D eigenvalue weighted by molar-refractivity contribution is -0.123. The molecule has 1 saturated heterocycles. The Morgan fingerprint density at radius 3 is 2.58 bits per heavy atom. The molecule has 2 fully saturated rings. The highest BCUT2D eigenvalue weighted by Crippen LogP contribution is 2.34. The second-order valence-corrected chi connectivity index (χ2v) is 9.76. The molecule has 2 N–H and O–H groups in total. The SMILES string of the molecule is NC(=O)CCC/C=C\C[C@H]1[C@@H](OCc2ccc(-c3ccccc3)cc2)CC(=O)[C@@H]1N1CCCOCC1. The van der Waals surface area contributed by atoms with E-state index in [1.807, 2.05) is 18.2 Å². The summed E-state index contributed by atoms with van der Waals surface area (Å²) < 4.78 is 12.0. The molecule has 2 aromatic carbocycles. The Morgan fingerprint density at radius 1 is 1.03 bits per heavy atom. The van der Waals surface area contributed by atoms with Gasteiger partial charge in [-0.3, -0.25) is 14.5 Å². The van der Waals surface area contributed by atoms with E-state index in [0.717, 1.165) is 50.9 Å². The van der Waals surface area contributed by atoms with Gasteiger partial charge in [0.2, 0.25) is 5.91 Å². The Morgan fingerprint density at radius 2 is 1.81 bits per heavy atom. The second-order valence-electron chi connectivity index (χ2n) is 9.76. The van der Waals surface area contributed by atoms with E-state index >= 15 is 0 Å². The fourth-order valence-electron chi connectivity index (χ4n) is 5.29. The molecule has 1 aliphatic heterocycles. The smallest absolute Gasteiger partial charge is 0.217 e. The molecule has 4 rings (SSSR count). The van der Waals surface area contributed by atoms with Gasteiger partial charge in [0.05, 0.1) is 25.4 Å². The van der Waals surface area contributed by atoms with Crippen molar-refractivity contribution in [2.75, 3.05) is 26.3 Å². The fraction of sp³-hybridized carbons (Fsp3) is 0.467. The van der Waals surface area contributed by atoms with E-state index < -0.39 is 0 Å². The Bertz CT molecular complexity index is 997. The first-order valence-electron chi connectivity index (χ1n) is 13.2. The average molecular weight is 491 g/mol. The number of ether oxygens (including phenoxy) is 2. The van der Waals surface area contributed by atoms with Crippen LogP contribution >= 0.6 is 0 Å². The maximum absolute atomic E-state index is 13.2. The number of hydrogen-bond acceptors (Lipinski definition) is 5. The molecule has 3 atom stereocenters. The molecule has 6 heteroatoms. The van der Waals surface area contributed by atoms with Crippen molar-refractivity contribution in [3.63, 3.8) is 0 Å². The van der Waals surface area contributed by atoms with Crippen molar-refractivity contribution in [1.29, 1.82) is 0 Å². The Balaban J connectivity index is 1.40. The Hall–Kier alpha value is -2.80. The van der Waals surface area contributed by atoms with Gasteiger partial charge in [0.1, 0.15) is 0 Å². The van der Waals surface area contributed by atoms with Crippen molar-refractivity contribution < 1.29 is 19.1 Å². The first kappa shape index (κ1) is 26.3. The number of nitrogens with zero attached hydrogens (tertiary/aromatic N) is 1. The van der Waals surface area contributed by atoms with E-state index in [2.05, 4.69) is 53.5 Å². The van der Waals surface area contributed by atoms with E-state index in [1.165, 1.54) is 11.1 Å². The lowest BCUT2D eigenvalue weighted by atomic mass is 9.95. The van der Waals surface area contributed by atoms with E-state index in [0.29, 0.717) is 26.1 Å². The van der Waals surface area contributed by atoms with Crippen LogP contribution in [0.25, 0.3) is 11.1 Å². The molecule has 2 aromatic rings. The molecule has 0 spiro atoms. The highest BCUT2D eigenvalue weighted by atomic mass is 16.5. The zero-order chi connectivity index (χ0) is 25.2. The minimum absolute atomic E-state index is 0.103. The molecule has 1 aliphatic carbocycles. The van der Waals surface area contributed by atoms with Gasteiger partial charge in [-0.1, -0.05) is 66.7 Å². The van der Waals surface area contributed by atoms with Crippen molar-refractivity contribution in [3.05, 3.63) is 72.3 Å². The third-order valence-electron chi connectivity index (χ3n) is 7.16. The van der Waals surface area contributed by atoms with Gasteiger partial charge in [-0.2, -0.15) is 0 Å². The summed E-state index contributed by atoms with van der Waals surface area (Å²) in [5.74, 6) is 0.110. The van der Waals surface area contributed by atoms with E-state index in [1.54, 1.807) is 0 Å². The minimum atomic E-state index is -0.265. The van der Waals surface area contributed by atoms with Gasteiger partial charge in [-0.25, -0.2) is 0 Å². The fourth-order valence-corrected chi connectivity index (χ4v) is 5.29. The van der Waals surface area contributed by atoms with E-state index in [-0.39, 0.29) is 29.8 Å². The largest absolute Gasteiger partial charge is 0.380 e. The molecule has 0 radical (unpaired) electrons. The Labute approximate surface area is 214 Å². The van der Waals surface area contributed by atoms with Crippen LogP contribution < -0.4 is 5.73 Å². The number of benzene rings is 2. The number of hydrogen-bond donors (Lipinski definition) is 1. The molecule has 1 amide bonds. The normalized spacial score (nSPS) is 23.2. The second kappa shape index (κ2) is 13.5. The van der Waals surface area contributed by atoms with Crippen LogP contribution in [-0.4, -0.2) is 55.0 Å². The number of rotatable bonds is 11. The summed E-state index contributed by atoms with van der Waals surface area (Å²) in [6.07, 6.45) is 8.27. The number of ketones is 1. The number of Topliss-reactive ketones (excluding diaryl/α,β-unsaturated/α-hetero) is 1. The summed E-state index contributed by atoms with van der Waals surface area (Å²) in [4.78, 5) is 26.5. The predicted octanol–water partition coefficient (Wildman–Crippen LogP) is 4.52. The number of nitrogens with two attached hydrogens (primary N) is 1. The average Bonchev–Trinajstić information content (AvgIpc) is 3.03. The van der Waals surface area contributed by atoms with Crippen molar-refractivity contribution in [1.82, 2.24) is 4.90 Å². The van der Waals surface area contributed by atoms with Crippen molar-refractivity contribution in [3.8, 4) is 11.1 Å². The van der Waals surface area contributed by atoms with E-state index in [4.69, 9.17) is 15.2 Å². The third-order valence-corrected chi connectivity index (χ3v) is 7.16.